The van der Waals surface area contributed by atoms with Crippen LogP contribution in [0.1, 0.15) is 54.2 Å². The molecule has 3 aromatic rings. The molecule has 1 aliphatic heterocycles. The van der Waals surface area contributed by atoms with Crippen molar-refractivity contribution in [1.82, 2.24) is 9.80 Å². The highest BCUT2D eigenvalue weighted by molar-refractivity contribution is 6.30. The van der Waals surface area contributed by atoms with Crippen LogP contribution in [0.25, 0.3) is 0 Å². The molecule has 1 amide bonds. The highest BCUT2D eigenvalue weighted by atomic mass is 35.5. The van der Waals surface area contributed by atoms with Crippen LogP contribution in [0.3, 0.4) is 0 Å². The van der Waals surface area contributed by atoms with E-state index in [-0.39, 0.29) is 11.3 Å². The summed E-state index contributed by atoms with van der Waals surface area (Å²) in [5, 5.41) is 10.9. The SMILES string of the molecule is CC(C)(C)c1ccc(NC(=O)c2ccc(CN3CCCN(Cc4cccc(Cl)c4)CC3)cc2)cc1.O=C(O)C(F)(F)F. The van der Waals surface area contributed by atoms with Crippen molar-refractivity contribution in [3.05, 3.63) is 100 Å². The minimum absolute atomic E-state index is 0.0773. The summed E-state index contributed by atoms with van der Waals surface area (Å²) in [6.45, 7) is 12.7. The third-order valence-electron chi connectivity index (χ3n) is 6.85. The second kappa shape index (κ2) is 14.7. The second-order valence-electron chi connectivity index (χ2n) is 11.3. The predicted octanol–water partition coefficient (Wildman–Crippen LogP) is 7.23. The Labute approximate surface area is 250 Å². The Morgan fingerprint density at radius 2 is 1.38 bits per heavy atom. The maximum atomic E-state index is 12.7. The van der Waals surface area contributed by atoms with Gasteiger partial charge in [-0.1, -0.05) is 68.8 Å². The van der Waals surface area contributed by atoms with Crippen molar-refractivity contribution < 1.29 is 27.9 Å². The number of carbonyl (C=O) groups is 2. The number of carbonyl (C=O) groups excluding carboxylic acids is 1. The van der Waals surface area contributed by atoms with Crippen LogP contribution in [0, 0.1) is 0 Å². The van der Waals surface area contributed by atoms with Crippen molar-refractivity contribution in [2.24, 2.45) is 0 Å². The lowest BCUT2D eigenvalue weighted by molar-refractivity contribution is -0.192. The number of alkyl halides is 3. The Balaban J connectivity index is 0.000000616. The van der Waals surface area contributed by atoms with Gasteiger partial charge in [-0.05, 0) is 78.0 Å². The van der Waals surface area contributed by atoms with Crippen molar-refractivity contribution >= 4 is 29.2 Å². The summed E-state index contributed by atoms with van der Waals surface area (Å²) in [6, 6.07) is 24.3. The van der Waals surface area contributed by atoms with Gasteiger partial charge in [-0.25, -0.2) is 4.79 Å². The highest BCUT2D eigenvalue weighted by Gasteiger charge is 2.38. The summed E-state index contributed by atoms with van der Waals surface area (Å²) in [7, 11) is 0. The summed E-state index contributed by atoms with van der Waals surface area (Å²) >= 11 is 6.15. The molecule has 1 aliphatic rings. The number of hydrogen-bond acceptors (Lipinski definition) is 4. The molecule has 0 atom stereocenters. The number of halogens is 4. The molecule has 3 aromatic carbocycles. The maximum absolute atomic E-state index is 12.7. The van der Waals surface area contributed by atoms with Gasteiger partial charge in [-0.2, -0.15) is 13.2 Å². The van der Waals surface area contributed by atoms with Crippen molar-refractivity contribution in [3.8, 4) is 0 Å². The van der Waals surface area contributed by atoms with Crippen molar-refractivity contribution in [2.45, 2.75) is 51.9 Å². The first kappa shape index (κ1) is 33.1. The van der Waals surface area contributed by atoms with E-state index in [4.69, 9.17) is 21.5 Å². The number of rotatable bonds is 6. The van der Waals surface area contributed by atoms with Crippen LogP contribution in [0.2, 0.25) is 5.02 Å². The smallest absolute Gasteiger partial charge is 0.475 e. The average molecular weight is 604 g/mol. The number of carboxylic acids is 1. The van der Waals surface area contributed by atoms with Gasteiger partial charge in [0.05, 0.1) is 0 Å². The molecule has 0 aliphatic carbocycles. The molecule has 1 fully saturated rings. The van der Waals surface area contributed by atoms with Gasteiger partial charge in [-0.15, -0.1) is 0 Å². The van der Waals surface area contributed by atoms with Gasteiger partial charge in [0.25, 0.3) is 5.91 Å². The van der Waals surface area contributed by atoms with Gasteiger partial charge in [-0.3, -0.25) is 14.6 Å². The number of anilines is 1. The predicted molar refractivity (Wildman–Crippen MR) is 160 cm³/mol. The van der Waals surface area contributed by atoms with Crippen molar-refractivity contribution in [1.29, 1.82) is 0 Å². The number of carboxylic acid groups (broad SMARTS) is 1. The number of aliphatic carboxylic acids is 1. The first-order chi connectivity index (χ1) is 19.7. The van der Waals surface area contributed by atoms with Gasteiger partial charge in [0, 0.05) is 42.5 Å². The Bertz CT molecular complexity index is 1320. The van der Waals surface area contributed by atoms with Crippen LogP contribution in [0.4, 0.5) is 18.9 Å². The fraction of sp³-hybridized carbons (Fsp3) is 0.375. The van der Waals surface area contributed by atoms with Gasteiger partial charge < -0.3 is 10.4 Å². The fourth-order valence-corrected chi connectivity index (χ4v) is 4.72. The summed E-state index contributed by atoms with van der Waals surface area (Å²) in [5.41, 5.74) is 5.35. The zero-order chi connectivity index (χ0) is 30.9. The number of hydrogen-bond donors (Lipinski definition) is 2. The standard InChI is InChI=1S/C30H36ClN3O.C2HF3O2/c1-30(2,3)26-12-14-28(15-13-26)32-29(35)25-10-8-23(9-11-25)21-33-16-5-17-34(19-18-33)22-24-6-4-7-27(31)20-24;3-2(4,5)1(6)7/h4,6-15,20H,5,16-19,21-22H2,1-3H3,(H,32,35);(H,6,7). The third-order valence-corrected chi connectivity index (χ3v) is 7.09. The normalized spacial score (nSPS) is 14.8. The zero-order valence-electron chi connectivity index (χ0n) is 24.0. The monoisotopic (exact) mass is 603 g/mol. The molecule has 0 saturated carbocycles. The number of benzene rings is 3. The Morgan fingerprint density at radius 3 is 1.88 bits per heavy atom. The third kappa shape index (κ3) is 10.8. The minimum atomic E-state index is -5.08. The topological polar surface area (TPSA) is 72.9 Å². The molecule has 4 rings (SSSR count). The maximum Gasteiger partial charge on any atom is 0.490 e. The molecule has 1 heterocycles. The molecular weight excluding hydrogens is 567 g/mol. The Kier molecular flexibility index (Phi) is 11.6. The molecule has 0 spiro atoms. The first-order valence-corrected chi connectivity index (χ1v) is 14.1. The zero-order valence-corrected chi connectivity index (χ0v) is 24.8. The van der Waals surface area contributed by atoms with Gasteiger partial charge in [0.15, 0.2) is 0 Å². The van der Waals surface area contributed by atoms with Crippen LogP contribution in [0.5, 0.6) is 0 Å². The van der Waals surface area contributed by atoms with E-state index in [9.17, 15) is 18.0 Å². The van der Waals surface area contributed by atoms with Crippen molar-refractivity contribution in [2.75, 3.05) is 31.5 Å². The van der Waals surface area contributed by atoms with E-state index < -0.39 is 12.1 Å². The van der Waals surface area contributed by atoms with Gasteiger partial charge in [0.2, 0.25) is 0 Å². The largest absolute Gasteiger partial charge is 0.490 e. The quantitative estimate of drug-likeness (QED) is 0.311. The Morgan fingerprint density at radius 1 is 0.833 bits per heavy atom. The van der Waals surface area contributed by atoms with E-state index in [0.717, 1.165) is 56.4 Å². The molecular formula is C32H37ClF3N3O3. The lowest BCUT2D eigenvalue weighted by atomic mass is 9.87. The lowest BCUT2D eigenvalue weighted by Gasteiger charge is -2.22. The molecule has 2 N–H and O–H groups in total. The van der Waals surface area contributed by atoms with Crippen LogP contribution in [-0.2, 0) is 23.3 Å². The van der Waals surface area contributed by atoms with Crippen LogP contribution < -0.4 is 5.32 Å². The van der Waals surface area contributed by atoms with E-state index in [0.29, 0.717) is 5.56 Å². The van der Waals surface area contributed by atoms with Gasteiger partial charge >= 0.3 is 12.1 Å². The molecule has 0 bridgehead atoms. The summed E-state index contributed by atoms with van der Waals surface area (Å²) in [5.74, 6) is -2.83. The van der Waals surface area contributed by atoms with Crippen LogP contribution in [-0.4, -0.2) is 59.1 Å². The lowest BCUT2D eigenvalue weighted by Crippen LogP contribution is -2.30. The molecule has 0 aromatic heterocycles. The Hall–Kier alpha value is -3.40. The van der Waals surface area contributed by atoms with E-state index in [1.54, 1.807) is 0 Å². The molecule has 226 valence electrons. The minimum Gasteiger partial charge on any atom is -0.475 e. The molecule has 6 nitrogen and oxygen atoms in total. The fourth-order valence-electron chi connectivity index (χ4n) is 4.51. The molecule has 0 radical (unpaired) electrons. The molecule has 10 heteroatoms. The van der Waals surface area contributed by atoms with E-state index >= 15 is 0 Å². The molecule has 42 heavy (non-hydrogen) atoms. The van der Waals surface area contributed by atoms with E-state index in [1.165, 1.54) is 16.7 Å². The average Bonchev–Trinajstić information content (AvgIpc) is 3.13. The number of nitrogens with one attached hydrogen (secondary N) is 1. The molecule has 1 saturated heterocycles. The number of amides is 1. The van der Waals surface area contributed by atoms with Crippen LogP contribution in [0.15, 0.2) is 72.8 Å². The van der Waals surface area contributed by atoms with Crippen LogP contribution >= 0.6 is 11.6 Å². The highest BCUT2D eigenvalue weighted by Crippen LogP contribution is 2.24. The van der Waals surface area contributed by atoms with E-state index in [2.05, 4.69) is 72.3 Å². The second-order valence-corrected chi connectivity index (χ2v) is 11.8. The summed E-state index contributed by atoms with van der Waals surface area (Å²) < 4.78 is 31.7. The first-order valence-electron chi connectivity index (χ1n) is 13.7. The number of nitrogens with zero attached hydrogens (tertiary/aromatic N) is 2. The van der Waals surface area contributed by atoms with Crippen molar-refractivity contribution in [3.63, 3.8) is 0 Å². The van der Waals surface area contributed by atoms with E-state index in [1.807, 2.05) is 36.4 Å². The van der Waals surface area contributed by atoms with Gasteiger partial charge in [0.1, 0.15) is 0 Å². The summed E-state index contributed by atoms with van der Waals surface area (Å²) in [6.07, 6.45) is -3.94. The molecule has 0 unspecified atom stereocenters. The summed E-state index contributed by atoms with van der Waals surface area (Å²) in [4.78, 5) is 26.6.